The van der Waals surface area contributed by atoms with E-state index in [4.69, 9.17) is 9.47 Å². The highest BCUT2D eigenvalue weighted by Crippen LogP contribution is 2.33. The zero-order valence-electron chi connectivity index (χ0n) is 20.8. The highest BCUT2D eigenvalue weighted by atomic mass is 16.5. The minimum Gasteiger partial charge on any atom is -0.493 e. The maximum atomic E-state index is 13.4. The fourth-order valence-electron chi connectivity index (χ4n) is 5.31. The minimum absolute atomic E-state index is 0.0566. The van der Waals surface area contributed by atoms with Gasteiger partial charge in [-0.3, -0.25) is 14.7 Å². The SMILES string of the molecule is COc1cccc(C(=O)N2CCc3[nH]nc(C(=O)N4CCC(Cc5ccccc5)CC4)c3C2)c1OC. The molecule has 8 nitrogen and oxygen atoms in total. The third-order valence-electron chi connectivity index (χ3n) is 7.33. The van der Waals surface area contributed by atoms with E-state index in [2.05, 4.69) is 34.5 Å². The first-order valence-electron chi connectivity index (χ1n) is 12.5. The van der Waals surface area contributed by atoms with E-state index >= 15 is 0 Å². The number of likely N-dealkylation sites (tertiary alicyclic amines) is 1. The third kappa shape index (κ3) is 4.67. The van der Waals surface area contributed by atoms with Crippen LogP contribution < -0.4 is 9.47 Å². The second-order valence-electron chi connectivity index (χ2n) is 9.47. The van der Waals surface area contributed by atoms with Crippen LogP contribution in [0, 0.1) is 5.92 Å². The summed E-state index contributed by atoms with van der Waals surface area (Å²) in [5, 5.41) is 7.44. The number of hydrogen-bond donors (Lipinski definition) is 1. The number of carbonyl (C=O) groups excluding carboxylic acids is 2. The summed E-state index contributed by atoms with van der Waals surface area (Å²) in [7, 11) is 3.08. The molecule has 0 radical (unpaired) electrons. The molecule has 0 unspecified atom stereocenters. The van der Waals surface area contributed by atoms with Crippen LogP contribution in [-0.4, -0.2) is 65.7 Å². The second kappa shape index (κ2) is 10.4. The van der Waals surface area contributed by atoms with Crippen LogP contribution in [0.25, 0.3) is 0 Å². The average Bonchev–Trinajstić information content (AvgIpc) is 3.36. The fraction of sp³-hybridized carbons (Fsp3) is 0.393. The van der Waals surface area contributed by atoms with E-state index in [1.165, 1.54) is 12.7 Å². The summed E-state index contributed by atoms with van der Waals surface area (Å²) in [5.41, 5.74) is 3.96. The molecule has 2 aliphatic heterocycles. The largest absolute Gasteiger partial charge is 0.493 e. The molecule has 3 aromatic rings. The number of amides is 2. The highest BCUT2D eigenvalue weighted by molar-refractivity contribution is 5.98. The van der Waals surface area contributed by atoms with Gasteiger partial charge in [0, 0.05) is 37.3 Å². The maximum absolute atomic E-state index is 13.4. The lowest BCUT2D eigenvalue weighted by Gasteiger charge is -2.32. The van der Waals surface area contributed by atoms with Crippen molar-refractivity contribution in [2.75, 3.05) is 33.9 Å². The first-order valence-corrected chi connectivity index (χ1v) is 12.5. The van der Waals surface area contributed by atoms with Crippen molar-refractivity contribution >= 4 is 11.8 Å². The van der Waals surface area contributed by atoms with Gasteiger partial charge < -0.3 is 19.3 Å². The number of methoxy groups -OCH3 is 2. The van der Waals surface area contributed by atoms with Crippen LogP contribution in [0.2, 0.25) is 0 Å². The summed E-state index contributed by atoms with van der Waals surface area (Å²) in [5.74, 6) is 1.29. The Balaban J connectivity index is 1.27. The quantitative estimate of drug-likeness (QED) is 0.571. The molecule has 5 rings (SSSR count). The van der Waals surface area contributed by atoms with Crippen LogP contribution in [0.5, 0.6) is 11.5 Å². The van der Waals surface area contributed by atoms with Gasteiger partial charge in [-0.15, -0.1) is 0 Å². The van der Waals surface area contributed by atoms with Gasteiger partial charge in [0.25, 0.3) is 11.8 Å². The molecular weight excluding hydrogens is 456 g/mol. The molecule has 1 aromatic heterocycles. The van der Waals surface area contributed by atoms with Crippen molar-refractivity contribution in [1.29, 1.82) is 0 Å². The Labute approximate surface area is 211 Å². The Kier molecular flexibility index (Phi) is 6.93. The molecule has 2 aliphatic rings. The molecule has 0 saturated carbocycles. The predicted molar refractivity (Wildman–Crippen MR) is 135 cm³/mol. The van der Waals surface area contributed by atoms with E-state index in [0.29, 0.717) is 48.2 Å². The molecule has 188 valence electrons. The topological polar surface area (TPSA) is 87.8 Å². The number of carbonyl (C=O) groups is 2. The first-order chi connectivity index (χ1) is 17.6. The molecule has 0 aliphatic carbocycles. The van der Waals surface area contributed by atoms with Crippen LogP contribution in [0.1, 0.15) is 50.5 Å². The van der Waals surface area contributed by atoms with E-state index in [1.54, 1.807) is 30.2 Å². The van der Waals surface area contributed by atoms with E-state index in [0.717, 1.165) is 43.6 Å². The number of aromatic amines is 1. The summed E-state index contributed by atoms with van der Waals surface area (Å²) in [6, 6.07) is 15.8. The standard InChI is InChI=1S/C28H32N4O4/c1-35-24-10-6-9-21(26(24)36-2)27(33)32-16-13-23-22(18-32)25(30-29-23)28(34)31-14-11-20(12-15-31)17-19-7-4-3-5-8-19/h3-10,20H,11-18H2,1-2H3,(H,29,30). The summed E-state index contributed by atoms with van der Waals surface area (Å²) >= 11 is 0. The number of piperidine rings is 1. The van der Waals surface area contributed by atoms with Crippen LogP contribution >= 0.6 is 0 Å². The minimum atomic E-state index is -0.155. The normalized spacial score (nSPS) is 15.9. The molecule has 0 atom stereocenters. The molecule has 1 saturated heterocycles. The van der Waals surface area contributed by atoms with Crippen molar-refractivity contribution in [3.8, 4) is 11.5 Å². The molecule has 0 spiro atoms. The highest BCUT2D eigenvalue weighted by Gasteiger charge is 2.32. The number of H-pyrrole nitrogens is 1. The molecule has 2 amide bonds. The third-order valence-corrected chi connectivity index (χ3v) is 7.33. The second-order valence-corrected chi connectivity index (χ2v) is 9.47. The van der Waals surface area contributed by atoms with Gasteiger partial charge in [0.05, 0.1) is 26.3 Å². The van der Waals surface area contributed by atoms with E-state index in [-0.39, 0.29) is 11.8 Å². The van der Waals surface area contributed by atoms with Crippen molar-refractivity contribution in [2.24, 2.45) is 5.92 Å². The Morgan fingerprint density at radius 2 is 1.72 bits per heavy atom. The van der Waals surface area contributed by atoms with E-state index < -0.39 is 0 Å². The lowest BCUT2D eigenvalue weighted by atomic mass is 9.90. The number of nitrogens with zero attached hydrogens (tertiary/aromatic N) is 3. The predicted octanol–water partition coefficient (Wildman–Crippen LogP) is 3.72. The van der Waals surface area contributed by atoms with Crippen LogP contribution in [0.4, 0.5) is 0 Å². The van der Waals surface area contributed by atoms with Gasteiger partial charge in [-0.25, -0.2) is 0 Å². The molecule has 1 fully saturated rings. The van der Waals surface area contributed by atoms with Crippen molar-refractivity contribution in [3.63, 3.8) is 0 Å². The summed E-state index contributed by atoms with van der Waals surface area (Å²) in [6.07, 6.45) is 3.62. The van der Waals surface area contributed by atoms with Gasteiger partial charge in [0.1, 0.15) is 0 Å². The summed E-state index contributed by atoms with van der Waals surface area (Å²) < 4.78 is 10.8. The van der Waals surface area contributed by atoms with Crippen LogP contribution in [0.3, 0.4) is 0 Å². The molecule has 36 heavy (non-hydrogen) atoms. The number of aromatic nitrogens is 2. The number of para-hydroxylation sites is 1. The molecule has 3 heterocycles. The monoisotopic (exact) mass is 488 g/mol. The summed E-state index contributed by atoms with van der Waals surface area (Å²) in [4.78, 5) is 30.5. The lowest BCUT2D eigenvalue weighted by Crippen LogP contribution is -2.40. The molecule has 0 bridgehead atoms. The Bertz CT molecular complexity index is 1230. The van der Waals surface area contributed by atoms with E-state index in [9.17, 15) is 9.59 Å². The molecule has 8 heteroatoms. The molecular formula is C28H32N4O4. The van der Waals surface area contributed by atoms with Gasteiger partial charge in [0.15, 0.2) is 17.2 Å². The molecule has 2 aromatic carbocycles. The smallest absolute Gasteiger partial charge is 0.274 e. The Hall–Kier alpha value is -3.81. The number of nitrogens with one attached hydrogen (secondary N) is 1. The fourth-order valence-corrected chi connectivity index (χ4v) is 5.31. The number of fused-ring (bicyclic) bond motifs is 1. The number of ether oxygens (including phenoxy) is 2. The zero-order valence-corrected chi connectivity index (χ0v) is 20.8. The number of rotatable bonds is 6. The molecule has 1 N–H and O–H groups in total. The van der Waals surface area contributed by atoms with Gasteiger partial charge in [0.2, 0.25) is 0 Å². The summed E-state index contributed by atoms with van der Waals surface area (Å²) in [6.45, 7) is 2.31. The van der Waals surface area contributed by atoms with Gasteiger partial charge >= 0.3 is 0 Å². The van der Waals surface area contributed by atoms with Crippen LogP contribution in [-0.2, 0) is 19.4 Å². The maximum Gasteiger partial charge on any atom is 0.274 e. The van der Waals surface area contributed by atoms with Gasteiger partial charge in [-0.05, 0) is 42.9 Å². The number of hydrogen-bond acceptors (Lipinski definition) is 5. The van der Waals surface area contributed by atoms with Crippen molar-refractivity contribution in [3.05, 3.63) is 76.6 Å². The van der Waals surface area contributed by atoms with Crippen molar-refractivity contribution in [2.45, 2.75) is 32.2 Å². The number of benzene rings is 2. The first kappa shape index (κ1) is 23.9. The van der Waals surface area contributed by atoms with Crippen LogP contribution in [0.15, 0.2) is 48.5 Å². The Morgan fingerprint density at radius 1 is 0.944 bits per heavy atom. The van der Waals surface area contributed by atoms with Crippen molar-refractivity contribution < 1.29 is 19.1 Å². The van der Waals surface area contributed by atoms with Crippen molar-refractivity contribution in [1.82, 2.24) is 20.0 Å². The average molecular weight is 489 g/mol. The van der Waals surface area contributed by atoms with E-state index in [1.807, 2.05) is 11.0 Å². The zero-order chi connectivity index (χ0) is 25.1. The Morgan fingerprint density at radius 3 is 2.44 bits per heavy atom. The van der Waals surface area contributed by atoms with Gasteiger partial charge in [-0.1, -0.05) is 36.4 Å². The lowest BCUT2D eigenvalue weighted by molar-refractivity contribution is 0.0670. The van der Waals surface area contributed by atoms with Gasteiger partial charge in [-0.2, -0.15) is 5.10 Å².